The predicted octanol–water partition coefficient (Wildman–Crippen LogP) is 2.47. The van der Waals surface area contributed by atoms with Gasteiger partial charge in [0.15, 0.2) is 11.5 Å². The van der Waals surface area contributed by atoms with Crippen LogP contribution in [-0.2, 0) is 4.79 Å². The molecule has 25 heavy (non-hydrogen) atoms. The number of rotatable bonds is 5. The predicted molar refractivity (Wildman–Crippen MR) is 96.1 cm³/mol. The van der Waals surface area contributed by atoms with Crippen LogP contribution < -0.4 is 20.1 Å². The maximum atomic E-state index is 12.2. The highest BCUT2D eigenvalue weighted by molar-refractivity contribution is 5.90. The number of carbonyl (C=O) groups is 2. The third kappa shape index (κ3) is 5.27. The molecule has 7 heteroatoms. The van der Waals surface area contributed by atoms with Crippen LogP contribution in [-0.4, -0.2) is 50.2 Å². The Kier molecular flexibility index (Phi) is 5.77. The lowest BCUT2D eigenvalue weighted by atomic mass is 9.96. The number of hydrogen-bond donors (Lipinski definition) is 2. The van der Waals surface area contributed by atoms with Crippen molar-refractivity contribution in [2.75, 3.05) is 32.6 Å². The summed E-state index contributed by atoms with van der Waals surface area (Å²) in [7, 11) is 3.09. The van der Waals surface area contributed by atoms with Crippen molar-refractivity contribution in [2.45, 2.75) is 33.2 Å². The second kappa shape index (κ2) is 7.63. The van der Waals surface area contributed by atoms with Crippen LogP contribution in [0.3, 0.4) is 0 Å². The molecule has 3 amide bonds. The molecule has 138 valence electrons. The fraction of sp³-hybridized carbons (Fsp3) is 0.556. The first-order valence-electron chi connectivity index (χ1n) is 8.29. The zero-order chi connectivity index (χ0) is 18.6. The fourth-order valence-electron chi connectivity index (χ4n) is 2.86. The number of urea groups is 1. The summed E-state index contributed by atoms with van der Waals surface area (Å²) in [5.41, 5.74) is 0.623. The van der Waals surface area contributed by atoms with E-state index in [1.54, 1.807) is 30.2 Å². The van der Waals surface area contributed by atoms with E-state index < -0.39 is 0 Å². The number of nitrogens with one attached hydrogen (secondary N) is 2. The van der Waals surface area contributed by atoms with Crippen LogP contribution >= 0.6 is 0 Å². The minimum Gasteiger partial charge on any atom is -0.493 e. The molecule has 0 spiro atoms. The van der Waals surface area contributed by atoms with Crippen LogP contribution in [0.2, 0.25) is 0 Å². The molecule has 0 aliphatic carbocycles. The zero-order valence-electron chi connectivity index (χ0n) is 15.5. The average molecular weight is 349 g/mol. The van der Waals surface area contributed by atoms with Gasteiger partial charge in [0.1, 0.15) is 0 Å². The highest BCUT2D eigenvalue weighted by atomic mass is 16.5. The maximum Gasteiger partial charge on any atom is 0.319 e. The topological polar surface area (TPSA) is 79.9 Å². The van der Waals surface area contributed by atoms with Gasteiger partial charge in [0.25, 0.3) is 0 Å². The van der Waals surface area contributed by atoms with Crippen LogP contribution in [0.1, 0.15) is 27.2 Å². The number of benzene rings is 1. The van der Waals surface area contributed by atoms with Crippen LogP contribution in [0.5, 0.6) is 11.5 Å². The second-order valence-corrected chi connectivity index (χ2v) is 7.40. The van der Waals surface area contributed by atoms with Gasteiger partial charge in [-0.1, -0.05) is 20.8 Å². The van der Waals surface area contributed by atoms with Gasteiger partial charge < -0.3 is 25.0 Å². The van der Waals surface area contributed by atoms with E-state index in [9.17, 15) is 9.59 Å². The van der Waals surface area contributed by atoms with Gasteiger partial charge in [0.05, 0.1) is 20.3 Å². The van der Waals surface area contributed by atoms with Crippen molar-refractivity contribution in [1.29, 1.82) is 0 Å². The maximum absolute atomic E-state index is 12.2. The summed E-state index contributed by atoms with van der Waals surface area (Å²) in [4.78, 5) is 26.1. The minimum atomic E-state index is -0.345. The van der Waals surface area contributed by atoms with E-state index in [4.69, 9.17) is 9.47 Å². The summed E-state index contributed by atoms with van der Waals surface area (Å²) in [5, 5.41) is 5.61. The Morgan fingerprint density at radius 1 is 1.24 bits per heavy atom. The lowest BCUT2D eigenvalue weighted by Crippen LogP contribution is -2.41. The lowest BCUT2D eigenvalue weighted by Gasteiger charge is -2.26. The molecule has 0 saturated carbocycles. The summed E-state index contributed by atoms with van der Waals surface area (Å²) < 4.78 is 10.4. The Morgan fingerprint density at radius 3 is 2.52 bits per heavy atom. The smallest absolute Gasteiger partial charge is 0.319 e. The number of carbonyl (C=O) groups excluding carboxylic acids is 2. The monoisotopic (exact) mass is 349 g/mol. The molecule has 1 fully saturated rings. The van der Waals surface area contributed by atoms with Crippen molar-refractivity contribution in [3.63, 3.8) is 0 Å². The van der Waals surface area contributed by atoms with Gasteiger partial charge in [-0.2, -0.15) is 0 Å². The highest BCUT2D eigenvalue weighted by Crippen LogP contribution is 2.29. The lowest BCUT2D eigenvalue weighted by molar-refractivity contribution is -0.128. The molecule has 2 rings (SSSR count). The molecule has 1 heterocycles. The van der Waals surface area contributed by atoms with E-state index in [-0.39, 0.29) is 23.4 Å². The van der Waals surface area contributed by atoms with Gasteiger partial charge in [-0.05, 0) is 17.5 Å². The van der Waals surface area contributed by atoms with Gasteiger partial charge >= 0.3 is 6.03 Å². The van der Waals surface area contributed by atoms with Gasteiger partial charge in [-0.15, -0.1) is 0 Å². The van der Waals surface area contributed by atoms with Crippen molar-refractivity contribution in [1.82, 2.24) is 10.2 Å². The van der Waals surface area contributed by atoms with E-state index in [0.29, 0.717) is 36.7 Å². The third-order valence-corrected chi connectivity index (χ3v) is 3.86. The Labute approximate surface area is 148 Å². The van der Waals surface area contributed by atoms with Gasteiger partial charge in [0, 0.05) is 31.3 Å². The first-order chi connectivity index (χ1) is 11.7. The van der Waals surface area contributed by atoms with Crippen molar-refractivity contribution in [3.05, 3.63) is 18.2 Å². The first kappa shape index (κ1) is 18.9. The van der Waals surface area contributed by atoms with Crippen molar-refractivity contribution >= 4 is 17.6 Å². The normalized spacial score (nSPS) is 17.4. The summed E-state index contributed by atoms with van der Waals surface area (Å²) >= 11 is 0. The largest absolute Gasteiger partial charge is 0.493 e. The quantitative estimate of drug-likeness (QED) is 0.856. The number of anilines is 1. The third-order valence-electron chi connectivity index (χ3n) is 3.86. The molecule has 1 atom stereocenters. The molecule has 1 aromatic rings. The summed E-state index contributed by atoms with van der Waals surface area (Å²) in [6.07, 6.45) is 0.329. The van der Waals surface area contributed by atoms with Crippen LogP contribution in [0.25, 0.3) is 0 Å². The SMILES string of the molecule is COc1ccc(NC(=O)N[C@H]2CC(=O)N(CC(C)(C)C)C2)cc1OC. The van der Waals surface area contributed by atoms with E-state index in [1.807, 2.05) is 0 Å². The van der Waals surface area contributed by atoms with Crippen LogP contribution in [0.15, 0.2) is 18.2 Å². The molecule has 1 saturated heterocycles. The van der Waals surface area contributed by atoms with E-state index in [1.165, 1.54) is 7.11 Å². The Balaban J connectivity index is 1.92. The van der Waals surface area contributed by atoms with Crippen molar-refractivity contribution in [2.24, 2.45) is 5.41 Å². The van der Waals surface area contributed by atoms with Crippen LogP contribution in [0, 0.1) is 5.41 Å². The average Bonchev–Trinajstić information content (AvgIpc) is 2.84. The first-order valence-corrected chi connectivity index (χ1v) is 8.29. The standard InChI is InChI=1S/C18H27N3O4/c1-18(2,3)11-21-10-13(9-16(21)22)20-17(23)19-12-6-7-14(24-4)15(8-12)25-5/h6-8,13H,9-11H2,1-5H3,(H2,19,20,23)/t13-/m0/s1. The van der Waals surface area contributed by atoms with E-state index >= 15 is 0 Å². The van der Waals surface area contributed by atoms with Crippen molar-refractivity contribution in [3.8, 4) is 11.5 Å². The molecule has 0 aromatic heterocycles. The number of likely N-dealkylation sites (tertiary alicyclic amines) is 1. The summed E-state index contributed by atoms with van der Waals surface area (Å²) in [5.74, 6) is 1.20. The summed E-state index contributed by atoms with van der Waals surface area (Å²) in [6, 6.07) is 4.60. The zero-order valence-corrected chi connectivity index (χ0v) is 15.5. The van der Waals surface area contributed by atoms with Gasteiger partial charge in [-0.3, -0.25) is 4.79 Å². The highest BCUT2D eigenvalue weighted by Gasteiger charge is 2.32. The van der Waals surface area contributed by atoms with Gasteiger partial charge in [-0.25, -0.2) is 4.79 Å². The molecule has 0 unspecified atom stereocenters. The summed E-state index contributed by atoms with van der Waals surface area (Å²) in [6.45, 7) is 7.48. The molecule has 0 bridgehead atoms. The number of amides is 3. The molecular formula is C18H27N3O4. The molecular weight excluding hydrogens is 322 g/mol. The van der Waals surface area contributed by atoms with Gasteiger partial charge in [0.2, 0.25) is 5.91 Å². The second-order valence-electron chi connectivity index (χ2n) is 7.40. The Hall–Kier alpha value is -2.44. The van der Waals surface area contributed by atoms with E-state index in [2.05, 4.69) is 31.4 Å². The van der Waals surface area contributed by atoms with Crippen LogP contribution in [0.4, 0.5) is 10.5 Å². The molecule has 1 aliphatic heterocycles. The number of ether oxygens (including phenoxy) is 2. The van der Waals surface area contributed by atoms with E-state index in [0.717, 1.165) is 0 Å². The molecule has 1 aliphatic rings. The van der Waals surface area contributed by atoms with Crippen molar-refractivity contribution < 1.29 is 19.1 Å². The Bertz CT molecular complexity index is 640. The molecule has 2 N–H and O–H groups in total. The number of methoxy groups -OCH3 is 2. The molecule has 0 radical (unpaired) electrons. The molecule has 7 nitrogen and oxygen atoms in total. The Morgan fingerprint density at radius 2 is 1.92 bits per heavy atom. The number of nitrogens with zero attached hydrogens (tertiary/aromatic N) is 1. The number of hydrogen-bond acceptors (Lipinski definition) is 4. The fourth-order valence-corrected chi connectivity index (χ4v) is 2.86. The minimum absolute atomic E-state index is 0.0342. The molecule has 1 aromatic carbocycles.